The molecule has 0 fully saturated rings. The highest BCUT2D eigenvalue weighted by Gasteiger charge is 2.31. The molecule has 0 bridgehead atoms. The second kappa shape index (κ2) is 7.28. The molecule has 2 aromatic rings. The molecule has 0 atom stereocenters. The SMILES string of the molecule is NC(=O)c1cc(C(F)(F)F)ccc1COCCc1ccccc1. The van der Waals surface area contributed by atoms with Crippen LogP contribution in [0.15, 0.2) is 48.5 Å². The largest absolute Gasteiger partial charge is 0.416 e. The van der Waals surface area contributed by atoms with Crippen molar-refractivity contribution in [2.75, 3.05) is 6.61 Å². The molecule has 0 unspecified atom stereocenters. The first-order valence-corrected chi connectivity index (χ1v) is 6.99. The number of halogens is 3. The maximum absolute atomic E-state index is 12.7. The van der Waals surface area contributed by atoms with Gasteiger partial charge in [0, 0.05) is 5.56 Å². The van der Waals surface area contributed by atoms with E-state index < -0.39 is 17.6 Å². The van der Waals surface area contributed by atoms with E-state index in [9.17, 15) is 18.0 Å². The average Bonchev–Trinajstić information content (AvgIpc) is 2.51. The van der Waals surface area contributed by atoms with Crippen molar-refractivity contribution in [1.82, 2.24) is 0 Å². The number of ether oxygens (including phenoxy) is 1. The van der Waals surface area contributed by atoms with E-state index in [-0.39, 0.29) is 12.2 Å². The molecule has 0 aliphatic rings. The molecular formula is C17H16F3NO2. The Kier molecular flexibility index (Phi) is 5.39. The number of carbonyl (C=O) groups excluding carboxylic acids is 1. The summed E-state index contributed by atoms with van der Waals surface area (Å²) < 4.78 is 43.5. The van der Waals surface area contributed by atoms with Crippen molar-refractivity contribution in [3.63, 3.8) is 0 Å². The first-order valence-electron chi connectivity index (χ1n) is 6.99. The van der Waals surface area contributed by atoms with Crippen LogP contribution in [0.25, 0.3) is 0 Å². The van der Waals surface area contributed by atoms with Crippen molar-refractivity contribution in [1.29, 1.82) is 0 Å². The second-order valence-corrected chi connectivity index (χ2v) is 5.02. The molecule has 3 nitrogen and oxygen atoms in total. The topological polar surface area (TPSA) is 52.3 Å². The Balaban J connectivity index is 2.00. The Morgan fingerprint density at radius 1 is 1.09 bits per heavy atom. The Morgan fingerprint density at radius 2 is 1.78 bits per heavy atom. The van der Waals surface area contributed by atoms with Crippen LogP contribution in [0.3, 0.4) is 0 Å². The van der Waals surface area contributed by atoms with Crippen molar-refractivity contribution >= 4 is 5.91 Å². The van der Waals surface area contributed by atoms with Gasteiger partial charge in [-0.15, -0.1) is 0 Å². The summed E-state index contributed by atoms with van der Waals surface area (Å²) in [4.78, 5) is 11.4. The van der Waals surface area contributed by atoms with Crippen LogP contribution < -0.4 is 5.73 Å². The zero-order chi connectivity index (χ0) is 16.9. The van der Waals surface area contributed by atoms with Crippen LogP contribution in [0.5, 0.6) is 0 Å². The summed E-state index contributed by atoms with van der Waals surface area (Å²) in [6, 6.07) is 12.6. The summed E-state index contributed by atoms with van der Waals surface area (Å²) >= 11 is 0. The van der Waals surface area contributed by atoms with Gasteiger partial charge >= 0.3 is 6.18 Å². The third-order valence-corrected chi connectivity index (χ3v) is 3.34. The number of primary amides is 1. The van der Waals surface area contributed by atoms with Gasteiger partial charge in [-0.2, -0.15) is 13.2 Å². The molecule has 0 heterocycles. The summed E-state index contributed by atoms with van der Waals surface area (Å²) in [6.45, 7) is 0.423. The Bertz CT molecular complexity index is 669. The summed E-state index contributed by atoms with van der Waals surface area (Å²) in [5, 5.41) is 0. The van der Waals surface area contributed by atoms with E-state index in [2.05, 4.69) is 0 Å². The molecule has 0 saturated carbocycles. The number of hydrogen-bond donors (Lipinski definition) is 1. The molecule has 2 rings (SSSR count). The van der Waals surface area contributed by atoms with E-state index in [1.807, 2.05) is 30.3 Å². The summed E-state index contributed by atoms with van der Waals surface area (Å²) in [6.07, 6.45) is -3.84. The molecule has 0 spiro atoms. The number of nitrogens with two attached hydrogens (primary N) is 1. The fourth-order valence-corrected chi connectivity index (χ4v) is 2.12. The molecule has 0 aliphatic heterocycles. The van der Waals surface area contributed by atoms with E-state index in [0.29, 0.717) is 18.6 Å². The number of amides is 1. The van der Waals surface area contributed by atoms with Crippen molar-refractivity contribution < 1.29 is 22.7 Å². The number of hydrogen-bond acceptors (Lipinski definition) is 2. The smallest absolute Gasteiger partial charge is 0.376 e. The van der Waals surface area contributed by atoms with Crippen LogP contribution in [0.2, 0.25) is 0 Å². The molecule has 0 saturated heterocycles. The monoisotopic (exact) mass is 323 g/mol. The Morgan fingerprint density at radius 3 is 2.39 bits per heavy atom. The number of alkyl halides is 3. The van der Waals surface area contributed by atoms with E-state index in [4.69, 9.17) is 10.5 Å². The van der Waals surface area contributed by atoms with Gasteiger partial charge in [0.25, 0.3) is 0 Å². The molecular weight excluding hydrogens is 307 g/mol. The highest BCUT2D eigenvalue weighted by Crippen LogP contribution is 2.30. The predicted molar refractivity (Wildman–Crippen MR) is 79.8 cm³/mol. The Hall–Kier alpha value is -2.34. The van der Waals surface area contributed by atoms with Gasteiger partial charge in [-0.05, 0) is 29.7 Å². The lowest BCUT2D eigenvalue weighted by molar-refractivity contribution is -0.137. The van der Waals surface area contributed by atoms with Gasteiger partial charge in [0.1, 0.15) is 0 Å². The third kappa shape index (κ3) is 4.82. The minimum absolute atomic E-state index is 0.0310. The number of benzene rings is 2. The van der Waals surface area contributed by atoms with Crippen molar-refractivity contribution in [2.45, 2.75) is 19.2 Å². The quantitative estimate of drug-likeness (QED) is 0.826. The summed E-state index contributed by atoms with van der Waals surface area (Å²) in [5.74, 6) is -0.905. The van der Waals surface area contributed by atoms with Crippen molar-refractivity contribution in [3.8, 4) is 0 Å². The van der Waals surface area contributed by atoms with Crippen molar-refractivity contribution in [3.05, 3.63) is 70.8 Å². The van der Waals surface area contributed by atoms with Gasteiger partial charge in [0.2, 0.25) is 5.91 Å². The average molecular weight is 323 g/mol. The van der Waals surface area contributed by atoms with Crippen LogP contribution >= 0.6 is 0 Å². The lowest BCUT2D eigenvalue weighted by atomic mass is 10.0. The number of rotatable bonds is 6. The minimum Gasteiger partial charge on any atom is -0.376 e. The van der Waals surface area contributed by atoms with Gasteiger partial charge in [-0.25, -0.2) is 0 Å². The molecule has 1 amide bonds. The van der Waals surface area contributed by atoms with Gasteiger partial charge < -0.3 is 10.5 Å². The zero-order valence-corrected chi connectivity index (χ0v) is 12.3. The fraction of sp³-hybridized carbons (Fsp3) is 0.235. The normalized spacial score (nSPS) is 11.4. The molecule has 122 valence electrons. The van der Waals surface area contributed by atoms with E-state index in [1.165, 1.54) is 6.07 Å². The lowest BCUT2D eigenvalue weighted by Gasteiger charge is -2.12. The highest BCUT2D eigenvalue weighted by atomic mass is 19.4. The third-order valence-electron chi connectivity index (χ3n) is 3.34. The van der Waals surface area contributed by atoms with Crippen LogP contribution in [0.1, 0.15) is 27.0 Å². The van der Waals surface area contributed by atoms with Gasteiger partial charge in [0.15, 0.2) is 0 Å². The number of carbonyl (C=O) groups is 1. The second-order valence-electron chi connectivity index (χ2n) is 5.02. The molecule has 2 aromatic carbocycles. The maximum Gasteiger partial charge on any atom is 0.416 e. The summed E-state index contributed by atoms with van der Waals surface area (Å²) in [7, 11) is 0. The van der Waals surface area contributed by atoms with Gasteiger partial charge in [-0.1, -0.05) is 36.4 Å². The first kappa shape index (κ1) is 17.0. The maximum atomic E-state index is 12.7. The predicted octanol–water partition coefficient (Wildman–Crippen LogP) is 3.56. The lowest BCUT2D eigenvalue weighted by Crippen LogP contribution is -2.17. The molecule has 0 radical (unpaired) electrons. The van der Waals surface area contributed by atoms with Crippen LogP contribution in [-0.4, -0.2) is 12.5 Å². The van der Waals surface area contributed by atoms with Crippen molar-refractivity contribution in [2.24, 2.45) is 5.73 Å². The van der Waals surface area contributed by atoms with Crippen LogP contribution in [-0.2, 0) is 23.9 Å². The molecule has 0 aliphatic carbocycles. The molecule has 23 heavy (non-hydrogen) atoms. The van der Waals surface area contributed by atoms with Crippen LogP contribution in [0.4, 0.5) is 13.2 Å². The Labute approximate surface area is 131 Å². The van der Waals surface area contributed by atoms with E-state index >= 15 is 0 Å². The summed E-state index contributed by atoms with van der Waals surface area (Å²) in [5.41, 5.74) is 5.53. The molecule has 2 N–H and O–H groups in total. The van der Waals surface area contributed by atoms with Gasteiger partial charge in [-0.3, -0.25) is 4.79 Å². The highest BCUT2D eigenvalue weighted by molar-refractivity contribution is 5.94. The first-order chi connectivity index (χ1) is 10.9. The zero-order valence-electron chi connectivity index (χ0n) is 12.3. The van der Waals surface area contributed by atoms with E-state index in [1.54, 1.807) is 0 Å². The molecule has 0 aromatic heterocycles. The molecule has 6 heteroatoms. The standard InChI is InChI=1S/C17H16F3NO2/c18-17(19,20)14-7-6-13(15(10-14)16(21)22)11-23-9-8-12-4-2-1-3-5-12/h1-7,10H,8-9,11H2,(H2,21,22). The van der Waals surface area contributed by atoms with Gasteiger partial charge in [0.05, 0.1) is 18.8 Å². The van der Waals surface area contributed by atoms with Crippen LogP contribution in [0, 0.1) is 0 Å². The fourth-order valence-electron chi connectivity index (χ4n) is 2.12. The van der Waals surface area contributed by atoms with E-state index in [0.717, 1.165) is 17.7 Å². The minimum atomic E-state index is -4.52.